The number of methoxy groups -OCH3 is 2. The number of hydrogen-bond donors (Lipinski definition) is 3. The predicted molar refractivity (Wildman–Crippen MR) is 104 cm³/mol. The second-order valence-electron chi connectivity index (χ2n) is 6.77. The predicted octanol–water partition coefficient (Wildman–Crippen LogP) is 3.12. The summed E-state index contributed by atoms with van der Waals surface area (Å²) >= 11 is 0. The van der Waals surface area contributed by atoms with E-state index in [0.29, 0.717) is 17.7 Å². The Bertz CT molecular complexity index is 1170. The third-order valence-corrected chi connectivity index (χ3v) is 4.91. The lowest BCUT2D eigenvalue weighted by Gasteiger charge is -2.17. The molecule has 0 amide bonds. The van der Waals surface area contributed by atoms with Gasteiger partial charge in [-0.1, -0.05) is 6.07 Å². The molecular formula is C21H19F3N2O5. The first kappa shape index (κ1) is 22.0. The molecule has 0 aliphatic carbocycles. The van der Waals surface area contributed by atoms with E-state index in [1.165, 1.54) is 26.4 Å². The highest BCUT2D eigenvalue weighted by Gasteiger charge is 2.27. The summed E-state index contributed by atoms with van der Waals surface area (Å²) < 4.78 is 50.7. The maximum atomic E-state index is 14.1. The highest BCUT2D eigenvalue weighted by Crippen LogP contribution is 2.35. The first-order chi connectivity index (χ1) is 14.7. The van der Waals surface area contributed by atoms with Crippen molar-refractivity contribution in [2.24, 2.45) is 0 Å². The Morgan fingerprint density at radius 1 is 1.06 bits per heavy atom. The van der Waals surface area contributed by atoms with Gasteiger partial charge in [0.2, 0.25) is 0 Å². The first-order valence-electron chi connectivity index (χ1n) is 9.11. The molecule has 3 aromatic rings. The number of H-pyrrole nitrogens is 2. The van der Waals surface area contributed by atoms with Crippen LogP contribution in [0.2, 0.25) is 0 Å². The van der Waals surface area contributed by atoms with E-state index in [9.17, 15) is 27.9 Å². The Labute approximate surface area is 174 Å². The Balaban J connectivity index is 2.09. The van der Waals surface area contributed by atoms with Crippen molar-refractivity contribution in [2.75, 3.05) is 14.2 Å². The molecule has 2 aromatic carbocycles. The van der Waals surface area contributed by atoms with E-state index in [1.54, 1.807) is 6.07 Å². The maximum absolute atomic E-state index is 14.1. The minimum Gasteiger partial charge on any atom is -0.504 e. The van der Waals surface area contributed by atoms with Crippen LogP contribution in [0.25, 0.3) is 0 Å². The summed E-state index contributed by atoms with van der Waals surface area (Å²) in [6.07, 6.45) is -0.548. The average molecular weight is 436 g/mol. The molecule has 0 bridgehead atoms. The van der Waals surface area contributed by atoms with Gasteiger partial charge in [0.15, 0.2) is 23.1 Å². The van der Waals surface area contributed by atoms with Crippen LogP contribution in [-0.4, -0.2) is 35.5 Å². The number of benzene rings is 2. The minimum atomic E-state index is -1.33. The number of aromatic nitrogens is 2. The normalized spacial score (nSPS) is 11.9. The van der Waals surface area contributed by atoms with Crippen LogP contribution in [0.5, 0.6) is 11.5 Å². The van der Waals surface area contributed by atoms with Crippen LogP contribution in [-0.2, 0) is 16.0 Å². The molecule has 164 valence electrons. The molecule has 0 spiro atoms. The van der Waals surface area contributed by atoms with Crippen LogP contribution >= 0.6 is 0 Å². The number of esters is 1. The van der Waals surface area contributed by atoms with Crippen molar-refractivity contribution < 1.29 is 32.5 Å². The van der Waals surface area contributed by atoms with Crippen LogP contribution in [0, 0.1) is 17.5 Å². The Morgan fingerprint density at radius 3 is 2.42 bits per heavy atom. The molecule has 31 heavy (non-hydrogen) atoms. The van der Waals surface area contributed by atoms with Gasteiger partial charge in [0.1, 0.15) is 5.82 Å². The lowest BCUT2D eigenvalue weighted by molar-refractivity contribution is -0.140. The molecule has 0 aliphatic rings. The minimum absolute atomic E-state index is 0.0686. The van der Waals surface area contributed by atoms with E-state index in [-0.39, 0.29) is 41.2 Å². The number of aromatic hydroxyl groups is 1. The summed E-state index contributed by atoms with van der Waals surface area (Å²) in [7, 11) is 2.55. The average Bonchev–Trinajstić information content (AvgIpc) is 3.09. The summed E-state index contributed by atoms with van der Waals surface area (Å²) in [6.45, 7) is 0. The fourth-order valence-corrected chi connectivity index (χ4v) is 3.36. The van der Waals surface area contributed by atoms with Crippen molar-refractivity contribution in [1.82, 2.24) is 10.2 Å². The van der Waals surface area contributed by atoms with Crippen molar-refractivity contribution in [1.29, 1.82) is 0 Å². The summed E-state index contributed by atoms with van der Waals surface area (Å²) in [5.74, 6) is -5.10. The van der Waals surface area contributed by atoms with Gasteiger partial charge in [0, 0.05) is 29.7 Å². The lowest BCUT2D eigenvalue weighted by atomic mass is 9.87. The maximum Gasteiger partial charge on any atom is 0.306 e. The zero-order chi connectivity index (χ0) is 22.7. The highest BCUT2D eigenvalue weighted by molar-refractivity contribution is 5.71. The molecule has 0 aliphatic heterocycles. The monoisotopic (exact) mass is 436 g/mol. The third kappa shape index (κ3) is 4.57. The summed E-state index contributed by atoms with van der Waals surface area (Å²) in [5.41, 5.74) is -0.161. The molecule has 0 saturated heterocycles. The van der Waals surface area contributed by atoms with Gasteiger partial charge in [0.25, 0.3) is 5.56 Å². The van der Waals surface area contributed by atoms with Gasteiger partial charge in [-0.05, 0) is 29.3 Å². The number of ether oxygens (including phenoxy) is 2. The van der Waals surface area contributed by atoms with Gasteiger partial charge >= 0.3 is 5.97 Å². The molecule has 1 heterocycles. The fraction of sp³-hybridized carbons (Fsp3) is 0.238. The Kier molecular flexibility index (Phi) is 6.38. The van der Waals surface area contributed by atoms with Crippen molar-refractivity contribution in [3.8, 4) is 11.5 Å². The van der Waals surface area contributed by atoms with Crippen LogP contribution in [0.3, 0.4) is 0 Å². The van der Waals surface area contributed by atoms with Crippen LogP contribution in [0.4, 0.5) is 13.2 Å². The van der Waals surface area contributed by atoms with Crippen LogP contribution in [0.1, 0.15) is 34.7 Å². The SMILES string of the molecule is COC(=O)C[C@@H](c1ccc(OC)c(O)c1)c1c(Cc2cc(F)c(F)cc2F)[nH][nH]c1=O. The first-order valence-corrected chi connectivity index (χ1v) is 9.11. The number of rotatable bonds is 7. The van der Waals surface area contributed by atoms with E-state index in [4.69, 9.17) is 9.47 Å². The number of aromatic amines is 2. The molecule has 0 unspecified atom stereocenters. The molecule has 0 fully saturated rings. The van der Waals surface area contributed by atoms with E-state index in [2.05, 4.69) is 10.2 Å². The Hall–Kier alpha value is -3.69. The molecule has 3 N–H and O–H groups in total. The smallest absolute Gasteiger partial charge is 0.306 e. The molecule has 0 radical (unpaired) electrons. The molecule has 0 saturated carbocycles. The number of halogens is 3. The van der Waals surface area contributed by atoms with Crippen molar-refractivity contribution in [2.45, 2.75) is 18.8 Å². The summed E-state index contributed by atoms with van der Waals surface area (Å²) in [4.78, 5) is 24.6. The summed E-state index contributed by atoms with van der Waals surface area (Å²) in [6, 6.07) is 5.47. The Morgan fingerprint density at radius 2 is 1.77 bits per heavy atom. The van der Waals surface area contributed by atoms with E-state index < -0.39 is 34.9 Å². The third-order valence-electron chi connectivity index (χ3n) is 4.91. The van der Waals surface area contributed by atoms with Gasteiger partial charge in [-0.3, -0.25) is 14.7 Å². The van der Waals surface area contributed by atoms with Gasteiger partial charge in [-0.25, -0.2) is 13.2 Å². The fourth-order valence-electron chi connectivity index (χ4n) is 3.36. The van der Waals surface area contributed by atoms with Gasteiger partial charge in [-0.15, -0.1) is 0 Å². The molecule has 1 atom stereocenters. The van der Waals surface area contributed by atoms with E-state index in [1.807, 2.05) is 0 Å². The number of phenolic OH excluding ortho intramolecular Hbond substituents is 1. The van der Waals surface area contributed by atoms with Gasteiger partial charge in [-0.2, -0.15) is 0 Å². The number of carbonyl (C=O) groups excluding carboxylic acids is 1. The molecule has 1 aromatic heterocycles. The number of nitrogens with one attached hydrogen (secondary N) is 2. The number of hydrogen-bond acceptors (Lipinski definition) is 5. The molecular weight excluding hydrogens is 417 g/mol. The zero-order valence-electron chi connectivity index (χ0n) is 16.6. The second-order valence-corrected chi connectivity index (χ2v) is 6.77. The lowest BCUT2D eigenvalue weighted by Crippen LogP contribution is -2.18. The number of phenols is 1. The van der Waals surface area contributed by atoms with Gasteiger partial charge < -0.3 is 19.7 Å². The zero-order valence-corrected chi connectivity index (χ0v) is 16.6. The van der Waals surface area contributed by atoms with Crippen molar-refractivity contribution in [3.63, 3.8) is 0 Å². The van der Waals surface area contributed by atoms with Crippen molar-refractivity contribution in [3.05, 3.63) is 80.5 Å². The number of carbonyl (C=O) groups is 1. The van der Waals surface area contributed by atoms with E-state index >= 15 is 0 Å². The molecule has 3 rings (SSSR count). The topological polar surface area (TPSA) is 104 Å². The van der Waals surface area contributed by atoms with Crippen LogP contribution < -0.4 is 10.3 Å². The molecule has 7 nitrogen and oxygen atoms in total. The highest BCUT2D eigenvalue weighted by atomic mass is 19.2. The largest absolute Gasteiger partial charge is 0.504 e. The van der Waals surface area contributed by atoms with Gasteiger partial charge in [0.05, 0.1) is 20.6 Å². The standard InChI is InChI=1S/C21H19F3N2O5/c1-30-18-4-3-10(7-17(18)27)12(8-19(28)31-2)20-16(25-26-21(20)29)6-11-5-14(23)15(24)9-13(11)22/h3-5,7,9,12,27H,6,8H2,1-2H3,(H2,25,26,29)/t12-/m0/s1. The second kappa shape index (κ2) is 8.99. The summed E-state index contributed by atoms with van der Waals surface area (Å²) in [5, 5.41) is 15.1. The van der Waals surface area contributed by atoms with Crippen molar-refractivity contribution >= 4 is 5.97 Å². The van der Waals surface area contributed by atoms with E-state index in [0.717, 1.165) is 0 Å². The quantitative estimate of drug-likeness (QED) is 0.390. The molecule has 10 heteroatoms. The van der Waals surface area contributed by atoms with Crippen LogP contribution in [0.15, 0.2) is 35.1 Å².